The van der Waals surface area contributed by atoms with E-state index in [4.69, 9.17) is 4.42 Å². The molecule has 20 heavy (non-hydrogen) atoms. The van der Waals surface area contributed by atoms with Gasteiger partial charge in [0.15, 0.2) is 0 Å². The maximum atomic E-state index is 12.3. The number of para-hydroxylation sites is 1. The van der Waals surface area contributed by atoms with Crippen LogP contribution in [0.1, 0.15) is 19.0 Å². The first-order chi connectivity index (χ1) is 9.70. The minimum absolute atomic E-state index is 0.0532. The molecule has 0 unspecified atom stereocenters. The normalized spacial score (nSPS) is 11.0. The van der Waals surface area contributed by atoms with Gasteiger partial charge in [0.25, 0.3) is 0 Å². The van der Waals surface area contributed by atoms with E-state index in [2.05, 4.69) is 22.0 Å². The third-order valence-corrected chi connectivity index (χ3v) is 2.62. The number of rotatable bonds is 7. The summed E-state index contributed by atoms with van der Waals surface area (Å²) in [7, 11) is 0. The Hall–Kier alpha value is -1.95. The van der Waals surface area contributed by atoms with Crippen LogP contribution in [0.2, 0.25) is 0 Å². The second-order valence-electron chi connectivity index (χ2n) is 4.20. The van der Waals surface area contributed by atoms with Crippen LogP contribution in [0.15, 0.2) is 34.9 Å². The Bertz CT molecular complexity index is 543. The van der Waals surface area contributed by atoms with Gasteiger partial charge in [0.2, 0.25) is 5.89 Å². The summed E-state index contributed by atoms with van der Waals surface area (Å²) in [5.74, 6) is 0.326. The molecule has 0 saturated heterocycles. The summed E-state index contributed by atoms with van der Waals surface area (Å²) in [6.45, 7) is 0.651. The number of ether oxygens (including phenoxy) is 1. The van der Waals surface area contributed by atoms with Crippen molar-refractivity contribution in [3.8, 4) is 17.2 Å². The van der Waals surface area contributed by atoms with Crippen molar-refractivity contribution in [3.63, 3.8) is 0 Å². The van der Waals surface area contributed by atoms with Crippen LogP contribution in [0.25, 0.3) is 11.5 Å². The zero-order valence-corrected chi connectivity index (χ0v) is 11.1. The van der Waals surface area contributed by atoms with Gasteiger partial charge in [-0.1, -0.05) is 19.1 Å². The summed E-state index contributed by atoms with van der Waals surface area (Å²) in [4.78, 5) is 4.27. The lowest BCUT2D eigenvalue weighted by molar-refractivity contribution is -0.0495. The van der Waals surface area contributed by atoms with E-state index in [9.17, 15) is 8.78 Å². The average molecular weight is 282 g/mol. The second kappa shape index (κ2) is 7.00. The van der Waals surface area contributed by atoms with Crippen molar-refractivity contribution in [1.29, 1.82) is 0 Å². The van der Waals surface area contributed by atoms with Crippen LogP contribution in [-0.2, 0) is 6.54 Å². The Morgan fingerprint density at radius 3 is 2.90 bits per heavy atom. The Morgan fingerprint density at radius 1 is 1.35 bits per heavy atom. The van der Waals surface area contributed by atoms with Crippen LogP contribution in [0.3, 0.4) is 0 Å². The molecule has 0 radical (unpaired) electrons. The highest BCUT2D eigenvalue weighted by molar-refractivity contribution is 5.62. The van der Waals surface area contributed by atoms with Crippen molar-refractivity contribution in [1.82, 2.24) is 10.3 Å². The lowest BCUT2D eigenvalue weighted by Gasteiger charge is -2.07. The maximum absolute atomic E-state index is 12.3. The Balaban J connectivity index is 2.15. The van der Waals surface area contributed by atoms with Crippen molar-refractivity contribution in [2.45, 2.75) is 26.5 Å². The van der Waals surface area contributed by atoms with E-state index >= 15 is 0 Å². The molecule has 6 heteroatoms. The summed E-state index contributed by atoms with van der Waals surface area (Å²) in [5.41, 5.74) is 1.13. The molecule has 0 amide bonds. The monoisotopic (exact) mass is 282 g/mol. The van der Waals surface area contributed by atoms with E-state index in [1.807, 2.05) is 0 Å². The number of hydrogen-bond donors (Lipinski definition) is 1. The van der Waals surface area contributed by atoms with Gasteiger partial charge in [0.1, 0.15) is 12.0 Å². The quantitative estimate of drug-likeness (QED) is 0.790. The van der Waals surface area contributed by atoms with E-state index in [0.29, 0.717) is 12.1 Å². The van der Waals surface area contributed by atoms with Gasteiger partial charge in [-0.2, -0.15) is 8.78 Å². The fourth-order valence-electron chi connectivity index (χ4n) is 1.75. The van der Waals surface area contributed by atoms with Gasteiger partial charge in [-0.15, -0.1) is 0 Å². The number of benzene rings is 1. The van der Waals surface area contributed by atoms with Gasteiger partial charge in [0.05, 0.1) is 11.3 Å². The van der Waals surface area contributed by atoms with Gasteiger partial charge in [-0.25, -0.2) is 4.98 Å². The molecule has 4 nitrogen and oxygen atoms in total. The van der Waals surface area contributed by atoms with Crippen LogP contribution in [0.4, 0.5) is 8.78 Å². The number of nitrogens with one attached hydrogen (secondary N) is 1. The molecule has 1 N–H and O–H groups in total. The molecule has 0 aliphatic carbocycles. The Labute approximate surface area is 115 Å². The van der Waals surface area contributed by atoms with Crippen LogP contribution < -0.4 is 10.1 Å². The Kier molecular flexibility index (Phi) is 5.06. The summed E-state index contributed by atoms with van der Waals surface area (Å²) in [6.07, 6.45) is 2.53. The van der Waals surface area contributed by atoms with Crippen molar-refractivity contribution in [3.05, 3.63) is 36.2 Å². The molecule has 0 atom stereocenters. The molecule has 2 aromatic rings. The van der Waals surface area contributed by atoms with Gasteiger partial charge in [-0.3, -0.25) is 0 Å². The highest BCUT2D eigenvalue weighted by Gasteiger charge is 2.14. The molecule has 1 heterocycles. The third kappa shape index (κ3) is 3.77. The van der Waals surface area contributed by atoms with Crippen LogP contribution in [-0.4, -0.2) is 18.1 Å². The lowest BCUT2D eigenvalue weighted by atomic mass is 10.2. The highest BCUT2D eigenvalue weighted by atomic mass is 19.3. The fourth-order valence-corrected chi connectivity index (χ4v) is 1.75. The predicted molar refractivity (Wildman–Crippen MR) is 70.6 cm³/mol. The molecule has 0 aliphatic heterocycles. The SMILES string of the molecule is CCCNCc1coc(-c2ccccc2OC(F)F)n1. The largest absolute Gasteiger partial charge is 0.444 e. The van der Waals surface area contributed by atoms with Crippen molar-refractivity contribution >= 4 is 0 Å². The highest BCUT2D eigenvalue weighted by Crippen LogP contribution is 2.30. The predicted octanol–water partition coefficient (Wildman–Crippen LogP) is 3.44. The van der Waals surface area contributed by atoms with E-state index in [1.54, 1.807) is 18.2 Å². The van der Waals surface area contributed by atoms with Crippen molar-refractivity contribution < 1.29 is 17.9 Å². The van der Waals surface area contributed by atoms with Crippen molar-refractivity contribution in [2.75, 3.05) is 6.54 Å². The van der Waals surface area contributed by atoms with Crippen LogP contribution in [0.5, 0.6) is 5.75 Å². The summed E-state index contributed by atoms with van der Waals surface area (Å²) >= 11 is 0. The van der Waals surface area contributed by atoms with Gasteiger partial charge >= 0.3 is 6.61 Å². The average Bonchev–Trinajstić information content (AvgIpc) is 2.88. The van der Waals surface area contributed by atoms with Gasteiger partial charge in [-0.05, 0) is 25.1 Å². The molecule has 2 rings (SSSR count). The molecule has 1 aromatic heterocycles. The zero-order chi connectivity index (χ0) is 14.4. The topological polar surface area (TPSA) is 47.3 Å². The van der Waals surface area contributed by atoms with Gasteiger partial charge in [0, 0.05) is 6.54 Å². The standard InChI is InChI=1S/C14H16F2N2O2/c1-2-7-17-8-10-9-19-13(18-10)11-5-3-4-6-12(11)20-14(15)16/h3-6,9,14,17H,2,7-8H2,1H3. The number of aromatic nitrogens is 1. The summed E-state index contributed by atoms with van der Waals surface area (Å²) in [6, 6.07) is 6.42. The molecule has 1 aromatic carbocycles. The summed E-state index contributed by atoms with van der Waals surface area (Å²) in [5, 5.41) is 3.19. The number of alkyl halides is 2. The second-order valence-corrected chi connectivity index (χ2v) is 4.20. The maximum Gasteiger partial charge on any atom is 0.387 e. The smallest absolute Gasteiger partial charge is 0.387 e. The number of halogens is 2. The zero-order valence-electron chi connectivity index (χ0n) is 11.1. The molecule has 0 aliphatic rings. The molecular weight excluding hydrogens is 266 g/mol. The Morgan fingerprint density at radius 2 is 2.15 bits per heavy atom. The van der Waals surface area contributed by atoms with Crippen molar-refractivity contribution in [2.24, 2.45) is 0 Å². The van der Waals surface area contributed by atoms with Gasteiger partial charge < -0.3 is 14.5 Å². The lowest BCUT2D eigenvalue weighted by Crippen LogP contribution is -2.13. The first-order valence-electron chi connectivity index (χ1n) is 6.40. The minimum Gasteiger partial charge on any atom is -0.444 e. The number of hydrogen-bond acceptors (Lipinski definition) is 4. The van der Waals surface area contributed by atoms with Crippen LogP contribution >= 0.6 is 0 Å². The first kappa shape index (κ1) is 14.5. The van der Waals surface area contributed by atoms with E-state index in [1.165, 1.54) is 12.3 Å². The fraction of sp³-hybridized carbons (Fsp3) is 0.357. The molecule has 0 fully saturated rings. The minimum atomic E-state index is -2.88. The van der Waals surface area contributed by atoms with E-state index in [-0.39, 0.29) is 11.6 Å². The summed E-state index contributed by atoms with van der Waals surface area (Å²) < 4.78 is 34.5. The van der Waals surface area contributed by atoms with E-state index in [0.717, 1.165) is 18.7 Å². The molecule has 0 saturated carbocycles. The first-order valence-corrected chi connectivity index (χ1v) is 6.40. The molecule has 108 valence electrons. The third-order valence-electron chi connectivity index (χ3n) is 2.62. The number of nitrogens with zero attached hydrogens (tertiary/aromatic N) is 1. The number of oxazole rings is 1. The molecule has 0 bridgehead atoms. The van der Waals surface area contributed by atoms with Crippen LogP contribution in [0, 0.1) is 0 Å². The molecular formula is C14H16F2N2O2. The molecule has 0 spiro atoms. The van der Waals surface area contributed by atoms with E-state index < -0.39 is 6.61 Å².